The highest BCUT2D eigenvalue weighted by Gasteiger charge is 2.42. The molecule has 3 nitrogen and oxygen atoms in total. The van der Waals surface area contributed by atoms with Crippen molar-refractivity contribution in [2.45, 2.75) is 72.8 Å². The molecule has 1 heterocycles. The number of carbonyl (C=O) groups excluding carboxylic acids is 1. The predicted molar refractivity (Wildman–Crippen MR) is 81.1 cm³/mol. The smallest absolute Gasteiger partial charge is 0.227 e. The molecular weight excluding hydrogens is 236 g/mol. The standard InChI is InChI=1S/C16H32N2O/c1-7-8-16(9-10-17-12-16)13(19)18-15(5,6)11-14(2,3)4/h17H,7-12H2,1-6H3,(H,18,19). The molecule has 1 amide bonds. The van der Waals surface area contributed by atoms with Crippen LogP contribution in [0, 0.1) is 10.8 Å². The molecule has 1 aliphatic rings. The van der Waals surface area contributed by atoms with Gasteiger partial charge in [0.2, 0.25) is 5.91 Å². The summed E-state index contributed by atoms with van der Waals surface area (Å²) in [6.07, 6.45) is 4.01. The van der Waals surface area contributed by atoms with E-state index in [0.29, 0.717) is 0 Å². The van der Waals surface area contributed by atoms with Gasteiger partial charge in [-0.3, -0.25) is 4.79 Å². The van der Waals surface area contributed by atoms with Crippen LogP contribution in [0.1, 0.15) is 67.2 Å². The molecule has 1 unspecified atom stereocenters. The van der Waals surface area contributed by atoms with E-state index in [4.69, 9.17) is 0 Å². The van der Waals surface area contributed by atoms with Crippen LogP contribution < -0.4 is 10.6 Å². The second-order valence-corrected chi connectivity index (χ2v) is 8.03. The second kappa shape index (κ2) is 5.82. The molecule has 1 fully saturated rings. The Morgan fingerprint density at radius 3 is 2.32 bits per heavy atom. The van der Waals surface area contributed by atoms with E-state index in [0.717, 1.165) is 38.8 Å². The highest BCUT2D eigenvalue weighted by atomic mass is 16.2. The van der Waals surface area contributed by atoms with Crippen LogP contribution in [0.25, 0.3) is 0 Å². The lowest BCUT2D eigenvalue weighted by Crippen LogP contribution is -2.52. The summed E-state index contributed by atoms with van der Waals surface area (Å²) in [5.74, 6) is 0.244. The Morgan fingerprint density at radius 1 is 1.26 bits per heavy atom. The van der Waals surface area contributed by atoms with Gasteiger partial charge in [0.15, 0.2) is 0 Å². The van der Waals surface area contributed by atoms with E-state index < -0.39 is 0 Å². The summed E-state index contributed by atoms with van der Waals surface area (Å²) in [6.45, 7) is 14.9. The van der Waals surface area contributed by atoms with E-state index in [1.807, 2.05) is 0 Å². The average Bonchev–Trinajstić information content (AvgIpc) is 2.63. The molecule has 112 valence electrons. The number of hydrogen-bond donors (Lipinski definition) is 2. The number of rotatable bonds is 5. The van der Waals surface area contributed by atoms with Crippen molar-refractivity contribution in [3.8, 4) is 0 Å². The normalized spacial score (nSPS) is 24.5. The van der Waals surface area contributed by atoms with Crippen LogP contribution in [0.3, 0.4) is 0 Å². The fourth-order valence-corrected chi connectivity index (χ4v) is 3.55. The van der Waals surface area contributed by atoms with Gasteiger partial charge in [-0.2, -0.15) is 0 Å². The molecule has 0 aliphatic carbocycles. The molecule has 0 bridgehead atoms. The Kier molecular flexibility index (Phi) is 5.05. The van der Waals surface area contributed by atoms with Gasteiger partial charge in [-0.15, -0.1) is 0 Å². The van der Waals surface area contributed by atoms with E-state index >= 15 is 0 Å². The van der Waals surface area contributed by atoms with Gasteiger partial charge >= 0.3 is 0 Å². The number of amides is 1. The summed E-state index contributed by atoms with van der Waals surface area (Å²) < 4.78 is 0. The molecule has 19 heavy (non-hydrogen) atoms. The summed E-state index contributed by atoms with van der Waals surface area (Å²) in [5.41, 5.74) is -0.0921. The van der Waals surface area contributed by atoms with E-state index in [-0.39, 0.29) is 22.3 Å². The molecule has 1 aliphatic heterocycles. The van der Waals surface area contributed by atoms with Crippen LogP contribution in [0.15, 0.2) is 0 Å². The predicted octanol–water partition coefficient (Wildman–Crippen LogP) is 3.10. The third-order valence-corrected chi connectivity index (χ3v) is 3.88. The van der Waals surface area contributed by atoms with E-state index in [1.165, 1.54) is 0 Å². The van der Waals surface area contributed by atoms with Crippen LogP contribution in [-0.2, 0) is 4.79 Å². The van der Waals surface area contributed by atoms with Gasteiger partial charge in [0.1, 0.15) is 0 Å². The van der Waals surface area contributed by atoms with Crippen molar-refractivity contribution in [2.24, 2.45) is 10.8 Å². The van der Waals surface area contributed by atoms with Crippen LogP contribution in [0.5, 0.6) is 0 Å². The van der Waals surface area contributed by atoms with Crippen LogP contribution >= 0.6 is 0 Å². The SMILES string of the molecule is CCCC1(C(=O)NC(C)(C)CC(C)(C)C)CCNC1. The maximum absolute atomic E-state index is 12.7. The Morgan fingerprint density at radius 2 is 1.89 bits per heavy atom. The zero-order valence-corrected chi connectivity index (χ0v) is 13.7. The fraction of sp³-hybridized carbons (Fsp3) is 0.938. The van der Waals surface area contributed by atoms with Crippen LogP contribution in [-0.4, -0.2) is 24.5 Å². The molecule has 2 N–H and O–H groups in total. The van der Waals surface area contributed by atoms with E-state index in [9.17, 15) is 4.79 Å². The zero-order chi connectivity index (χ0) is 14.7. The lowest BCUT2D eigenvalue weighted by atomic mass is 9.78. The zero-order valence-electron chi connectivity index (χ0n) is 13.7. The molecule has 1 rings (SSSR count). The summed E-state index contributed by atoms with van der Waals surface area (Å²) in [4.78, 5) is 12.7. The Hall–Kier alpha value is -0.570. The first kappa shape index (κ1) is 16.5. The van der Waals surface area contributed by atoms with E-state index in [2.05, 4.69) is 52.2 Å². The first-order chi connectivity index (χ1) is 8.60. The molecule has 1 saturated heterocycles. The van der Waals surface area contributed by atoms with E-state index in [1.54, 1.807) is 0 Å². The van der Waals surface area contributed by atoms with Gasteiger partial charge < -0.3 is 10.6 Å². The van der Waals surface area contributed by atoms with Crippen molar-refractivity contribution in [2.75, 3.05) is 13.1 Å². The Bertz CT molecular complexity index is 309. The third-order valence-electron chi connectivity index (χ3n) is 3.88. The minimum Gasteiger partial charge on any atom is -0.351 e. The highest BCUT2D eigenvalue weighted by molar-refractivity contribution is 5.84. The van der Waals surface area contributed by atoms with Gasteiger partial charge in [-0.25, -0.2) is 0 Å². The first-order valence-electron chi connectivity index (χ1n) is 7.64. The fourth-order valence-electron chi connectivity index (χ4n) is 3.55. The molecule has 3 heteroatoms. The maximum atomic E-state index is 12.7. The van der Waals surface area contributed by atoms with Gasteiger partial charge in [-0.05, 0) is 45.1 Å². The van der Waals surface area contributed by atoms with Crippen molar-refractivity contribution >= 4 is 5.91 Å². The second-order valence-electron chi connectivity index (χ2n) is 8.03. The molecule has 0 aromatic rings. The number of nitrogens with one attached hydrogen (secondary N) is 2. The molecule has 1 atom stereocenters. The molecule has 0 aromatic carbocycles. The maximum Gasteiger partial charge on any atom is 0.227 e. The Labute approximate surface area is 118 Å². The lowest BCUT2D eigenvalue weighted by Gasteiger charge is -2.37. The lowest BCUT2D eigenvalue weighted by molar-refractivity contribution is -0.132. The van der Waals surface area contributed by atoms with Gasteiger partial charge in [-0.1, -0.05) is 34.1 Å². The molecule has 0 spiro atoms. The van der Waals surface area contributed by atoms with Crippen molar-refractivity contribution in [3.63, 3.8) is 0 Å². The minimum absolute atomic E-state index is 0.140. The van der Waals surface area contributed by atoms with Gasteiger partial charge in [0.25, 0.3) is 0 Å². The van der Waals surface area contributed by atoms with Crippen LogP contribution in [0.4, 0.5) is 0 Å². The number of hydrogen-bond acceptors (Lipinski definition) is 2. The monoisotopic (exact) mass is 268 g/mol. The van der Waals surface area contributed by atoms with Crippen molar-refractivity contribution in [1.82, 2.24) is 10.6 Å². The van der Waals surface area contributed by atoms with Crippen molar-refractivity contribution < 1.29 is 4.79 Å². The third kappa shape index (κ3) is 4.79. The average molecular weight is 268 g/mol. The summed E-state index contributed by atoms with van der Waals surface area (Å²) >= 11 is 0. The van der Waals surface area contributed by atoms with Gasteiger partial charge in [0, 0.05) is 12.1 Å². The van der Waals surface area contributed by atoms with Crippen molar-refractivity contribution in [3.05, 3.63) is 0 Å². The summed E-state index contributed by atoms with van der Waals surface area (Å²) in [7, 11) is 0. The molecular formula is C16H32N2O. The minimum atomic E-state index is -0.177. The summed E-state index contributed by atoms with van der Waals surface area (Å²) in [5, 5.41) is 6.65. The summed E-state index contributed by atoms with van der Waals surface area (Å²) in [6, 6.07) is 0. The van der Waals surface area contributed by atoms with Crippen molar-refractivity contribution in [1.29, 1.82) is 0 Å². The number of carbonyl (C=O) groups is 1. The first-order valence-corrected chi connectivity index (χ1v) is 7.64. The van der Waals surface area contributed by atoms with Crippen LogP contribution in [0.2, 0.25) is 0 Å². The quantitative estimate of drug-likeness (QED) is 0.804. The molecule has 0 radical (unpaired) electrons. The largest absolute Gasteiger partial charge is 0.351 e. The Balaban J connectivity index is 2.71. The highest BCUT2D eigenvalue weighted by Crippen LogP contribution is 2.33. The topological polar surface area (TPSA) is 41.1 Å². The molecule has 0 aromatic heterocycles. The van der Waals surface area contributed by atoms with Gasteiger partial charge in [0.05, 0.1) is 5.41 Å². The molecule has 0 saturated carbocycles.